The molecule has 224 valence electrons. The number of rotatable bonds is 8. The number of carbonyl (C=O) groups is 1. The number of aromatic nitrogens is 1. The SMILES string of the molecule is C[C@@H](NC(=O)c1ccc2[nH]c(O)c(C(=Nc3cccc(CN4CCCCC4)c3)c3ccc(F)cc3)c2c1)c1cccc(Cl)c1. The molecule has 1 atom stereocenters. The summed E-state index contributed by atoms with van der Waals surface area (Å²) in [6.45, 7) is 4.92. The van der Waals surface area contributed by atoms with Crippen LogP contribution in [0, 0.1) is 5.82 Å². The van der Waals surface area contributed by atoms with Gasteiger partial charge in [-0.05, 0) is 111 Å². The standard InChI is InChI=1S/C36H34ClFN4O2/c1-23(26-8-6-9-28(37)20-26)39-35(43)27-13-16-32-31(21-27)33(36(44)41-32)34(25-11-14-29(38)15-12-25)40-30-10-5-7-24(19-30)22-42-17-3-2-4-18-42/h5-16,19-21,23,41,44H,2-4,17-18,22H2,1H3,(H,39,43)/t23-/m1/s1. The van der Waals surface area contributed by atoms with Crippen LogP contribution in [0.4, 0.5) is 10.1 Å². The van der Waals surface area contributed by atoms with Crippen molar-refractivity contribution in [3.05, 3.63) is 130 Å². The van der Waals surface area contributed by atoms with Crippen molar-refractivity contribution in [1.29, 1.82) is 0 Å². The van der Waals surface area contributed by atoms with Crippen molar-refractivity contribution >= 4 is 39.8 Å². The van der Waals surface area contributed by atoms with E-state index < -0.39 is 0 Å². The van der Waals surface area contributed by atoms with Gasteiger partial charge in [-0.1, -0.05) is 42.3 Å². The van der Waals surface area contributed by atoms with Gasteiger partial charge in [-0.3, -0.25) is 9.69 Å². The molecule has 3 N–H and O–H groups in total. The Morgan fingerprint density at radius 3 is 2.50 bits per heavy atom. The summed E-state index contributed by atoms with van der Waals surface area (Å²) in [5.41, 5.74) is 5.37. The maximum absolute atomic E-state index is 14.0. The summed E-state index contributed by atoms with van der Waals surface area (Å²) in [6, 6.07) is 26.4. The molecule has 1 aromatic heterocycles. The molecule has 44 heavy (non-hydrogen) atoms. The zero-order valence-corrected chi connectivity index (χ0v) is 25.2. The maximum atomic E-state index is 14.0. The second kappa shape index (κ2) is 13.0. The first-order valence-electron chi connectivity index (χ1n) is 14.9. The van der Waals surface area contributed by atoms with Crippen LogP contribution in [0.25, 0.3) is 10.9 Å². The van der Waals surface area contributed by atoms with Crippen molar-refractivity contribution < 1.29 is 14.3 Å². The summed E-state index contributed by atoms with van der Waals surface area (Å²) in [5.74, 6) is -0.721. The van der Waals surface area contributed by atoms with Crippen LogP contribution in [0.15, 0.2) is 96.0 Å². The van der Waals surface area contributed by atoms with E-state index in [1.807, 2.05) is 37.3 Å². The van der Waals surface area contributed by atoms with E-state index in [1.165, 1.54) is 31.4 Å². The summed E-state index contributed by atoms with van der Waals surface area (Å²) in [6.07, 6.45) is 3.71. The third-order valence-corrected chi connectivity index (χ3v) is 8.33. The number of nitrogens with zero attached hydrogens (tertiary/aromatic N) is 2. The monoisotopic (exact) mass is 608 g/mol. The van der Waals surface area contributed by atoms with Crippen LogP contribution in [-0.2, 0) is 6.54 Å². The van der Waals surface area contributed by atoms with E-state index in [4.69, 9.17) is 16.6 Å². The highest BCUT2D eigenvalue weighted by molar-refractivity contribution is 6.30. The number of piperidine rings is 1. The summed E-state index contributed by atoms with van der Waals surface area (Å²) in [7, 11) is 0. The lowest BCUT2D eigenvalue weighted by molar-refractivity contribution is 0.0940. The first-order valence-corrected chi connectivity index (χ1v) is 15.3. The molecule has 2 heterocycles. The lowest BCUT2D eigenvalue weighted by Gasteiger charge is -2.26. The average molecular weight is 609 g/mol. The molecule has 1 saturated heterocycles. The average Bonchev–Trinajstić information content (AvgIpc) is 3.35. The van der Waals surface area contributed by atoms with Crippen molar-refractivity contribution in [2.45, 2.75) is 38.8 Å². The summed E-state index contributed by atoms with van der Waals surface area (Å²) < 4.78 is 14.0. The predicted molar refractivity (Wildman–Crippen MR) is 175 cm³/mol. The summed E-state index contributed by atoms with van der Waals surface area (Å²) >= 11 is 6.15. The molecule has 0 unspecified atom stereocenters. The van der Waals surface area contributed by atoms with Crippen LogP contribution in [0.1, 0.15) is 64.8 Å². The molecule has 0 saturated carbocycles. The minimum absolute atomic E-state index is 0.0857. The third kappa shape index (κ3) is 6.69. The largest absolute Gasteiger partial charge is 0.494 e. The highest BCUT2D eigenvalue weighted by atomic mass is 35.5. The van der Waals surface area contributed by atoms with Crippen molar-refractivity contribution in [1.82, 2.24) is 15.2 Å². The molecular formula is C36H34ClFN4O2. The topological polar surface area (TPSA) is 80.7 Å². The molecule has 1 aliphatic rings. The first-order chi connectivity index (χ1) is 21.3. The smallest absolute Gasteiger partial charge is 0.251 e. The van der Waals surface area contributed by atoms with Crippen molar-refractivity contribution in [3.8, 4) is 5.88 Å². The Bertz CT molecular complexity index is 1830. The highest BCUT2D eigenvalue weighted by Gasteiger charge is 2.21. The van der Waals surface area contributed by atoms with E-state index in [-0.39, 0.29) is 23.6 Å². The fourth-order valence-corrected chi connectivity index (χ4v) is 6.00. The van der Waals surface area contributed by atoms with Gasteiger partial charge in [0, 0.05) is 33.6 Å². The normalized spacial score (nSPS) is 14.9. The van der Waals surface area contributed by atoms with Gasteiger partial charge in [0.25, 0.3) is 5.91 Å². The van der Waals surface area contributed by atoms with Crippen LogP contribution in [0.3, 0.4) is 0 Å². The van der Waals surface area contributed by atoms with Gasteiger partial charge >= 0.3 is 0 Å². The number of benzene rings is 4. The number of fused-ring (bicyclic) bond motifs is 1. The molecule has 1 fully saturated rings. The lowest BCUT2D eigenvalue weighted by Crippen LogP contribution is -2.28. The molecule has 6 rings (SSSR count). The predicted octanol–water partition coefficient (Wildman–Crippen LogP) is 8.31. The van der Waals surface area contributed by atoms with Gasteiger partial charge in [0.05, 0.1) is 23.0 Å². The minimum atomic E-state index is -0.368. The number of halogens is 2. The Labute approximate surface area is 261 Å². The fraction of sp³-hybridized carbons (Fsp3) is 0.222. The van der Waals surface area contributed by atoms with Crippen molar-refractivity contribution in [3.63, 3.8) is 0 Å². The number of amides is 1. The van der Waals surface area contributed by atoms with Crippen molar-refractivity contribution in [2.24, 2.45) is 4.99 Å². The van der Waals surface area contributed by atoms with E-state index in [2.05, 4.69) is 27.3 Å². The van der Waals surface area contributed by atoms with Crippen LogP contribution in [0.5, 0.6) is 5.88 Å². The Kier molecular flexibility index (Phi) is 8.77. The molecule has 0 spiro atoms. The van der Waals surface area contributed by atoms with Gasteiger partial charge in [-0.25, -0.2) is 9.38 Å². The molecule has 1 amide bonds. The van der Waals surface area contributed by atoms with Gasteiger partial charge < -0.3 is 15.4 Å². The van der Waals surface area contributed by atoms with E-state index in [0.717, 1.165) is 36.4 Å². The molecule has 0 bridgehead atoms. The first kappa shape index (κ1) is 29.6. The molecule has 8 heteroatoms. The molecular weight excluding hydrogens is 575 g/mol. The minimum Gasteiger partial charge on any atom is -0.494 e. The number of H-pyrrole nitrogens is 1. The zero-order valence-electron chi connectivity index (χ0n) is 24.5. The number of aromatic amines is 1. The number of carbonyl (C=O) groups excluding carboxylic acids is 1. The van der Waals surface area contributed by atoms with Crippen LogP contribution >= 0.6 is 11.6 Å². The molecule has 6 nitrogen and oxygen atoms in total. The van der Waals surface area contributed by atoms with Gasteiger partial charge in [0.2, 0.25) is 0 Å². The van der Waals surface area contributed by atoms with Gasteiger partial charge in [0.15, 0.2) is 5.88 Å². The van der Waals surface area contributed by atoms with Crippen LogP contribution in [0.2, 0.25) is 5.02 Å². The summed E-state index contributed by atoms with van der Waals surface area (Å²) in [4.78, 5) is 23.9. The number of aromatic hydroxyl groups is 1. The second-order valence-electron chi connectivity index (χ2n) is 11.3. The van der Waals surface area contributed by atoms with E-state index in [9.17, 15) is 14.3 Å². The number of likely N-dealkylation sites (tertiary alicyclic amines) is 1. The van der Waals surface area contributed by atoms with Crippen LogP contribution in [-0.4, -0.2) is 39.7 Å². The van der Waals surface area contributed by atoms with E-state index in [1.54, 1.807) is 36.4 Å². The number of aliphatic imine (C=N–C) groups is 1. The van der Waals surface area contributed by atoms with Gasteiger partial charge in [-0.15, -0.1) is 0 Å². The van der Waals surface area contributed by atoms with Crippen LogP contribution < -0.4 is 5.32 Å². The summed E-state index contributed by atoms with van der Waals surface area (Å²) in [5, 5.41) is 15.4. The second-order valence-corrected chi connectivity index (χ2v) is 11.8. The molecule has 0 aliphatic carbocycles. The Hall–Kier alpha value is -4.46. The lowest BCUT2D eigenvalue weighted by atomic mass is 9.99. The fourth-order valence-electron chi connectivity index (χ4n) is 5.80. The molecule has 1 aliphatic heterocycles. The zero-order chi connectivity index (χ0) is 30.6. The maximum Gasteiger partial charge on any atom is 0.251 e. The molecule has 0 radical (unpaired) electrons. The Morgan fingerprint density at radius 1 is 0.977 bits per heavy atom. The van der Waals surface area contributed by atoms with Crippen molar-refractivity contribution in [2.75, 3.05) is 13.1 Å². The molecule has 4 aromatic carbocycles. The molecule has 5 aromatic rings. The Morgan fingerprint density at radius 2 is 1.73 bits per heavy atom. The third-order valence-electron chi connectivity index (χ3n) is 8.10. The number of hydrogen-bond donors (Lipinski definition) is 3. The quantitative estimate of drug-likeness (QED) is 0.155. The number of nitrogens with one attached hydrogen (secondary N) is 2. The highest BCUT2D eigenvalue weighted by Crippen LogP contribution is 2.33. The van der Waals surface area contributed by atoms with E-state index in [0.29, 0.717) is 38.3 Å². The van der Waals surface area contributed by atoms with Gasteiger partial charge in [0.1, 0.15) is 5.82 Å². The van der Waals surface area contributed by atoms with E-state index >= 15 is 0 Å². The van der Waals surface area contributed by atoms with Gasteiger partial charge in [-0.2, -0.15) is 0 Å². The number of hydrogen-bond acceptors (Lipinski definition) is 4. The Balaban J connectivity index is 1.38.